The molecule has 1 saturated heterocycles. The lowest BCUT2D eigenvalue weighted by molar-refractivity contribution is -0.265. The Morgan fingerprint density at radius 2 is 1.88 bits per heavy atom. The van der Waals surface area contributed by atoms with Crippen LogP contribution in [0, 0.1) is 5.82 Å². The number of nitrogens with one attached hydrogen (secondary N) is 2. The minimum atomic E-state index is -5.30. The average Bonchev–Trinajstić information content (AvgIpc) is 3.75. The molecule has 3 aromatic rings. The van der Waals surface area contributed by atoms with Crippen molar-refractivity contribution >= 4 is 17.5 Å². The molecule has 1 unspecified atom stereocenters. The molecule has 13 heteroatoms. The van der Waals surface area contributed by atoms with Crippen molar-refractivity contribution in [3.05, 3.63) is 76.2 Å². The molecule has 1 atom stereocenters. The Kier molecular flexibility index (Phi) is 7.62. The number of amides is 1. The molecule has 1 aliphatic carbocycles. The number of pyridine rings is 1. The van der Waals surface area contributed by atoms with E-state index in [1.807, 2.05) is 0 Å². The van der Waals surface area contributed by atoms with E-state index in [0.29, 0.717) is 5.75 Å². The first kappa shape index (κ1) is 29.1. The van der Waals surface area contributed by atoms with Gasteiger partial charge in [-0.15, -0.1) is 0 Å². The first-order chi connectivity index (χ1) is 19.3. The third-order valence-corrected chi connectivity index (χ3v) is 7.34. The molecule has 5 rings (SSSR count). The lowest BCUT2D eigenvalue weighted by Gasteiger charge is -2.39. The summed E-state index contributed by atoms with van der Waals surface area (Å²) in [6.07, 6.45) is -3.47. The van der Waals surface area contributed by atoms with Gasteiger partial charge in [-0.2, -0.15) is 13.2 Å². The molecular weight excluding hydrogens is 570 g/mol. The quantitative estimate of drug-likeness (QED) is 0.276. The first-order valence-corrected chi connectivity index (χ1v) is 13.0. The summed E-state index contributed by atoms with van der Waals surface area (Å²) in [5, 5.41) is 26.7. The summed E-state index contributed by atoms with van der Waals surface area (Å²) in [4.78, 5) is 16.9. The van der Waals surface area contributed by atoms with Gasteiger partial charge in [-0.3, -0.25) is 4.79 Å². The molecule has 2 aromatic carbocycles. The van der Waals surface area contributed by atoms with Crippen LogP contribution in [0.3, 0.4) is 0 Å². The van der Waals surface area contributed by atoms with Crippen LogP contribution in [0.4, 0.5) is 17.6 Å². The number of hydrogen-bond donors (Lipinski definition) is 4. The van der Waals surface area contributed by atoms with Gasteiger partial charge in [-0.25, -0.2) is 9.37 Å². The SMILES string of the molecule is COc1cc(C(=O)NCC(O)(c2cc(C3(O)CNC3)cc(-c3ccc(F)c(Cl)c3)n2)C(F)(F)F)ccc1OC1CC1. The molecule has 2 fully saturated rings. The number of β-amino-alcohol motifs (C(OH)–C–C–N with tert-alkyl or cyclic N) is 1. The van der Waals surface area contributed by atoms with Crippen molar-refractivity contribution in [3.63, 3.8) is 0 Å². The van der Waals surface area contributed by atoms with Crippen molar-refractivity contribution in [2.24, 2.45) is 0 Å². The van der Waals surface area contributed by atoms with Crippen molar-refractivity contribution in [2.45, 2.75) is 36.3 Å². The third kappa shape index (κ3) is 5.82. The molecule has 0 spiro atoms. The van der Waals surface area contributed by atoms with Crippen LogP contribution in [-0.2, 0) is 11.2 Å². The van der Waals surface area contributed by atoms with Gasteiger partial charge < -0.3 is 30.3 Å². The summed E-state index contributed by atoms with van der Waals surface area (Å²) in [6, 6.07) is 9.94. The number of methoxy groups -OCH3 is 1. The Labute approximate surface area is 237 Å². The molecule has 1 aromatic heterocycles. The van der Waals surface area contributed by atoms with Crippen LogP contribution in [0.2, 0.25) is 5.02 Å². The van der Waals surface area contributed by atoms with Crippen LogP contribution >= 0.6 is 11.6 Å². The number of aromatic nitrogens is 1. The fraction of sp³-hybridized carbons (Fsp3) is 0.357. The Hall–Kier alpha value is -3.45. The van der Waals surface area contributed by atoms with E-state index >= 15 is 0 Å². The Bertz CT molecular complexity index is 1480. The van der Waals surface area contributed by atoms with Crippen molar-refractivity contribution in [2.75, 3.05) is 26.7 Å². The molecule has 1 saturated carbocycles. The van der Waals surface area contributed by atoms with Gasteiger partial charge in [-0.05, 0) is 66.9 Å². The van der Waals surface area contributed by atoms with E-state index in [9.17, 15) is 32.6 Å². The second-order valence-electron chi connectivity index (χ2n) is 10.1. The van der Waals surface area contributed by atoms with E-state index in [-0.39, 0.29) is 52.3 Å². The molecule has 218 valence electrons. The number of nitrogens with zero attached hydrogens (tertiary/aromatic N) is 1. The molecule has 1 aliphatic heterocycles. The largest absolute Gasteiger partial charge is 0.493 e. The maximum Gasteiger partial charge on any atom is 0.424 e. The lowest BCUT2D eigenvalue weighted by Crippen LogP contribution is -2.57. The molecule has 0 radical (unpaired) electrons. The van der Waals surface area contributed by atoms with E-state index < -0.39 is 41.3 Å². The number of benzene rings is 2. The normalized spacial score (nSPS) is 17.8. The molecule has 41 heavy (non-hydrogen) atoms. The molecule has 4 N–H and O–H groups in total. The zero-order valence-corrected chi connectivity index (χ0v) is 22.4. The summed E-state index contributed by atoms with van der Waals surface area (Å²) in [6.45, 7) is -1.21. The number of ether oxygens (including phenoxy) is 2. The van der Waals surface area contributed by atoms with E-state index in [1.54, 1.807) is 0 Å². The predicted octanol–water partition coefficient (Wildman–Crippen LogP) is 4.06. The van der Waals surface area contributed by atoms with E-state index in [2.05, 4.69) is 15.6 Å². The van der Waals surface area contributed by atoms with Crippen LogP contribution in [-0.4, -0.2) is 60.1 Å². The van der Waals surface area contributed by atoms with Gasteiger partial charge in [-0.1, -0.05) is 11.6 Å². The lowest BCUT2D eigenvalue weighted by atomic mass is 9.85. The number of hydrogen-bond acceptors (Lipinski definition) is 7. The minimum Gasteiger partial charge on any atom is -0.493 e. The highest BCUT2D eigenvalue weighted by molar-refractivity contribution is 6.31. The highest BCUT2D eigenvalue weighted by atomic mass is 35.5. The third-order valence-electron chi connectivity index (χ3n) is 7.05. The van der Waals surface area contributed by atoms with Crippen LogP contribution in [0.1, 0.15) is 34.5 Å². The van der Waals surface area contributed by atoms with Crippen LogP contribution in [0.5, 0.6) is 11.5 Å². The zero-order chi connectivity index (χ0) is 29.6. The summed E-state index contributed by atoms with van der Waals surface area (Å²) < 4.78 is 68.2. The second-order valence-corrected chi connectivity index (χ2v) is 10.5. The van der Waals surface area contributed by atoms with Gasteiger partial charge in [0.1, 0.15) is 11.4 Å². The molecule has 2 aliphatic rings. The highest BCUT2D eigenvalue weighted by Crippen LogP contribution is 2.41. The van der Waals surface area contributed by atoms with E-state index in [4.69, 9.17) is 21.1 Å². The summed E-state index contributed by atoms with van der Waals surface area (Å²) >= 11 is 5.88. The summed E-state index contributed by atoms with van der Waals surface area (Å²) in [5.74, 6) is -1.02. The molecule has 1 amide bonds. The van der Waals surface area contributed by atoms with Gasteiger partial charge in [0, 0.05) is 24.2 Å². The Morgan fingerprint density at radius 1 is 1.15 bits per heavy atom. The van der Waals surface area contributed by atoms with Gasteiger partial charge in [0.15, 0.2) is 11.5 Å². The fourth-order valence-electron chi connectivity index (χ4n) is 4.30. The predicted molar refractivity (Wildman–Crippen MR) is 140 cm³/mol. The van der Waals surface area contributed by atoms with Crippen LogP contribution in [0.15, 0.2) is 48.5 Å². The van der Waals surface area contributed by atoms with Crippen LogP contribution in [0.25, 0.3) is 11.3 Å². The number of halogens is 5. The maximum atomic E-state index is 14.5. The first-order valence-electron chi connectivity index (χ1n) is 12.7. The molecular formula is C28H26ClF4N3O5. The number of carbonyl (C=O) groups excluding carboxylic acids is 1. The zero-order valence-electron chi connectivity index (χ0n) is 21.7. The topological polar surface area (TPSA) is 113 Å². The second kappa shape index (κ2) is 10.8. The Morgan fingerprint density at radius 3 is 2.46 bits per heavy atom. The van der Waals surface area contributed by atoms with Crippen LogP contribution < -0.4 is 20.1 Å². The number of carbonyl (C=O) groups is 1. The van der Waals surface area contributed by atoms with Gasteiger partial charge in [0.05, 0.1) is 36.2 Å². The van der Waals surface area contributed by atoms with Gasteiger partial charge in [0.25, 0.3) is 5.91 Å². The van der Waals surface area contributed by atoms with Crippen molar-refractivity contribution in [3.8, 4) is 22.8 Å². The molecule has 2 heterocycles. The molecule has 8 nitrogen and oxygen atoms in total. The van der Waals surface area contributed by atoms with E-state index in [0.717, 1.165) is 25.0 Å². The van der Waals surface area contributed by atoms with E-state index in [1.165, 1.54) is 43.5 Å². The molecule has 0 bridgehead atoms. The fourth-order valence-corrected chi connectivity index (χ4v) is 4.48. The number of rotatable bonds is 9. The average molecular weight is 596 g/mol. The van der Waals surface area contributed by atoms with Crippen molar-refractivity contribution in [1.82, 2.24) is 15.6 Å². The maximum absolute atomic E-state index is 14.5. The summed E-state index contributed by atoms with van der Waals surface area (Å²) in [7, 11) is 1.37. The Balaban J connectivity index is 1.48. The van der Waals surface area contributed by atoms with Gasteiger partial charge in [0.2, 0.25) is 5.60 Å². The van der Waals surface area contributed by atoms with Crippen molar-refractivity contribution in [1.29, 1.82) is 0 Å². The standard InChI is InChI=1S/C28H26ClF4N3O5/c1-40-23-9-16(3-7-22(23)41-18-4-5-18)25(37)35-14-27(39,28(31,32)33)24-11-17(26(38)12-34-13-26)10-21(36-24)15-2-6-20(30)19(29)8-15/h2-3,6-11,18,34,38-39H,4-5,12-14H2,1H3,(H,35,37). The smallest absolute Gasteiger partial charge is 0.424 e. The monoisotopic (exact) mass is 595 g/mol. The minimum absolute atomic E-state index is 0.0206. The summed E-state index contributed by atoms with van der Waals surface area (Å²) in [5.41, 5.74) is -5.98. The van der Waals surface area contributed by atoms with Crippen molar-refractivity contribution < 1.29 is 42.0 Å². The highest BCUT2D eigenvalue weighted by Gasteiger charge is 2.57. The number of aliphatic hydroxyl groups is 2. The van der Waals surface area contributed by atoms with Gasteiger partial charge >= 0.3 is 6.18 Å². The number of alkyl halides is 3.